The van der Waals surface area contributed by atoms with E-state index >= 15 is 0 Å². The van der Waals surface area contributed by atoms with Crippen molar-refractivity contribution in [2.45, 2.75) is 38.8 Å². The lowest BCUT2D eigenvalue weighted by Crippen LogP contribution is -2.46. The van der Waals surface area contributed by atoms with Crippen molar-refractivity contribution in [1.29, 1.82) is 0 Å². The number of methoxy groups -OCH3 is 1. The molecule has 5 heteroatoms. The summed E-state index contributed by atoms with van der Waals surface area (Å²) in [6.45, 7) is 2.39. The fourth-order valence-electron chi connectivity index (χ4n) is 2.68. The second-order valence-electron chi connectivity index (χ2n) is 6.14. The first kappa shape index (κ1) is 19.5. The van der Waals surface area contributed by atoms with Crippen molar-refractivity contribution in [3.8, 4) is 5.75 Å². The molecule has 0 unspecified atom stereocenters. The Hall–Kier alpha value is -2.82. The summed E-state index contributed by atoms with van der Waals surface area (Å²) in [6, 6.07) is 16.5. The monoisotopic (exact) mass is 354 g/mol. The van der Waals surface area contributed by atoms with Gasteiger partial charge in [0.1, 0.15) is 11.8 Å². The number of nitrogens with one attached hydrogen (secondary N) is 2. The fraction of sp³-hybridized carbons (Fsp3) is 0.333. The van der Waals surface area contributed by atoms with E-state index in [0.29, 0.717) is 13.0 Å². The Kier molecular flexibility index (Phi) is 7.68. The maximum Gasteiger partial charge on any atom is 0.242 e. The Morgan fingerprint density at radius 1 is 1.04 bits per heavy atom. The number of carbonyl (C=O) groups is 2. The van der Waals surface area contributed by atoms with E-state index in [-0.39, 0.29) is 18.2 Å². The molecule has 1 atom stereocenters. The van der Waals surface area contributed by atoms with Crippen molar-refractivity contribution in [3.63, 3.8) is 0 Å². The molecule has 0 aliphatic rings. The first-order valence-corrected chi connectivity index (χ1v) is 8.86. The van der Waals surface area contributed by atoms with Crippen LogP contribution in [0.1, 0.15) is 30.9 Å². The Morgan fingerprint density at radius 3 is 2.46 bits per heavy atom. The van der Waals surface area contributed by atoms with Crippen LogP contribution in [-0.4, -0.2) is 25.0 Å². The van der Waals surface area contributed by atoms with Crippen LogP contribution in [0.4, 0.5) is 0 Å². The van der Waals surface area contributed by atoms with Crippen molar-refractivity contribution in [2.24, 2.45) is 0 Å². The summed E-state index contributed by atoms with van der Waals surface area (Å²) in [6.07, 6.45) is 1.68. The molecule has 0 fully saturated rings. The van der Waals surface area contributed by atoms with E-state index < -0.39 is 6.04 Å². The maximum atomic E-state index is 12.5. The number of hydrogen-bond acceptors (Lipinski definition) is 3. The molecule has 0 heterocycles. The predicted molar refractivity (Wildman–Crippen MR) is 102 cm³/mol. The summed E-state index contributed by atoms with van der Waals surface area (Å²) >= 11 is 0. The van der Waals surface area contributed by atoms with Crippen LogP contribution in [0.25, 0.3) is 0 Å². The number of benzene rings is 2. The number of ether oxygens (including phenoxy) is 1. The molecule has 2 aromatic rings. The van der Waals surface area contributed by atoms with Crippen LogP contribution < -0.4 is 15.4 Å². The fourth-order valence-corrected chi connectivity index (χ4v) is 2.68. The molecule has 0 spiro atoms. The highest BCUT2D eigenvalue weighted by atomic mass is 16.5. The minimum Gasteiger partial charge on any atom is -0.497 e. The van der Waals surface area contributed by atoms with Gasteiger partial charge >= 0.3 is 0 Å². The summed E-state index contributed by atoms with van der Waals surface area (Å²) in [5.74, 6) is 0.431. The Labute approximate surface area is 154 Å². The second kappa shape index (κ2) is 10.2. The van der Waals surface area contributed by atoms with E-state index in [4.69, 9.17) is 4.74 Å². The van der Waals surface area contributed by atoms with Crippen LogP contribution >= 0.6 is 0 Å². The van der Waals surface area contributed by atoms with Gasteiger partial charge in [-0.2, -0.15) is 0 Å². The van der Waals surface area contributed by atoms with Crippen LogP contribution in [0, 0.1) is 0 Å². The van der Waals surface area contributed by atoms with Crippen LogP contribution in [-0.2, 0) is 22.6 Å². The lowest BCUT2D eigenvalue weighted by molar-refractivity contribution is -0.129. The van der Waals surface area contributed by atoms with Gasteiger partial charge in [-0.05, 0) is 29.7 Å². The minimum absolute atomic E-state index is 0.147. The van der Waals surface area contributed by atoms with E-state index in [9.17, 15) is 9.59 Å². The molecule has 0 radical (unpaired) electrons. The molecule has 0 aliphatic carbocycles. The van der Waals surface area contributed by atoms with Gasteiger partial charge in [0, 0.05) is 6.54 Å². The molecule has 26 heavy (non-hydrogen) atoms. The zero-order chi connectivity index (χ0) is 18.8. The molecule has 0 bridgehead atoms. The third kappa shape index (κ3) is 6.24. The average molecular weight is 354 g/mol. The number of amides is 2. The van der Waals surface area contributed by atoms with Crippen molar-refractivity contribution in [3.05, 3.63) is 65.7 Å². The highest BCUT2D eigenvalue weighted by molar-refractivity contribution is 5.88. The molecule has 2 N–H and O–H groups in total. The molecule has 2 amide bonds. The lowest BCUT2D eigenvalue weighted by Gasteiger charge is -2.18. The van der Waals surface area contributed by atoms with Crippen LogP contribution in [0.15, 0.2) is 54.6 Å². The second-order valence-corrected chi connectivity index (χ2v) is 6.14. The van der Waals surface area contributed by atoms with Gasteiger partial charge in [-0.3, -0.25) is 9.59 Å². The van der Waals surface area contributed by atoms with E-state index in [1.807, 2.05) is 61.5 Å². The molecule has 0 saturated carbocycles. The summed E-state index contributed by atoms with van der Waals surface area (Å²) in [5, 5.41) is 5.74. The lowest BCUT2D eigenvalue weighted by atomic mass is 10.1. The molecule has 0 saturated heterocycles. The summed E-state index contributed by atoms with van der Waals surface area (Å²) in [7, 11) is 1.61. The van der Waals surface area contributed by atoms with Gasteiger partial charge in [-0.15, -0.1) is 0 Å². The molecule has 138 valence electrons. The van der Waals surface area contributed by atoms with Gasteiger partial charge in [0.15, 0.2) is 0 Å². The number of hydrogen-bond donors (Lipinski definition) is 2. The third-order valence-corrected chi connectivity index (χ3v) is 4.04. The van der Waals surface area contributed by atoms with Gasteiger partial charge in [-0.25, -0.2) is 0 Å². The molecular weight excluding hydrogens is 328 g/mol. The molecule has 0 aliphatic heterocycles. The predicted octanol–water partition coefficient (Wildman–Crippen LogP) is 2.84. The Bertz CT molecular complexity index is 716. The largest absolute Gasteiger partial charge is 0.497 e. The van der Waals surface area contributed by atoms with Gasteiger partial charge in [0.2, 0.25) is 11.8 Å². The Balaban J connectivity index is 1.90. The quantitative estimate of drug-likeness (QED) is 0.728. The zero-order valence-electron chi connectivity index (χ0n) is 15.3. The van der Waals surface area contributed by atoms with Crippen molar-refractivity contribution in [1.82, 2.24) is 10.6 Å². The van der Waals surface area contributed by atoms with E-state index in [0.717, 1.165) is 23.3 Å². The molecule has 2 rings (SSSR count). The van der Waals surface area contributed by atoms with Gasteiger partial charge < -0.3 is 15.4 Å². The smallest absolute Gasteiger partial charge is 0.242 e. The summed E-state index contributed by atoms with van der Waals surface area (Å²) in [5.41, 5.74) is 1.88. The van der Waals surface area contributed by atoms with Crippen LogP contribution in [0.3, 0.4) is 0 Å². The standard InChI is InChI=1S/C21H26N2O3/c1-3-8-19(23-20(24)14-16-9-5-4-6-10-16)21(25)22-15-17-11-7-12-18(13-17)26-2/h4-7,9-13,19H,3,8,14-15H2,1-2H3,(H,22,25)(H,23,24)/t19-/m1/s1. The van der Waals surface area contributed by atoms with Gasteiger partial charge in [-0.1, -0.05) is 55.8 Å². The van der Waals surface area contributed by atoms with E-state index in [1.165, 1.54) is 0 Å². The zero-order valence-corrected chi connectivity index (χ0v) is 15.3. The van der Waals surface area contributed by atoms with Gasteiger partial charge in [0.05, 0.1) is 13.5 Å². The molecule has 0 aromatic heterocycles. The third-order valence-electron chi connectivity index (χ3n) is 4.04. The first-order valence-electron chi connectivity index (χ1n) is 8.86. The molecular formula is C21H26N2O3. The number of rotatable bonds is 9. The van der Waals surface area contributed by atoms with Crippen LogP contribution in [0.2, 0.25) is 0 Å². The van der Waals surface area contributed by atoms with Crippen molar-refractivity contribution >= 4 is 11.8 Å². The van der Waals surface area contributed by atoms with Crippen LogP contribution in [0.5, 0.6) is 5.75 Å². The SMILES string of the molecule is CCC[C@@H](NC(=O)Cc1ccccc1)C(=O)NCc1cccc(OC)c1. The highest BCUT2D eigenvalue weighted by Gasteiger charge is 2.19. The Morgan fingerprint density at radius 2 is 1.77 bits per heavy atom. The molecule has 2 aromatic carbocycles. The van der Waals surface area contributed by atoms with Gasteiger partial charge in [0.25, 0.3) is 0 Å². The molecule has 5 nitrogen and oxygen atoms in total. The minimum atomic E-state index is -0.526. The van der Waals surface area contributed by atoms with E-state index in [1.54, 1.807) is 7.11 Å². The summed E-state index contributed by atoms with van der Waals surface area (Å²) in [4.78, 5) is 24.7. The first-order chi connectivity index (χ1) is 12.6. The maximum absolute atomic E-state index is 12.5. The number of carbonyl (C=O) groups excluding carboxylic acids is 2. The summed E-state index contributed by atoms with van der Waals surface area (Å²) < 4.78 is 5.19. The van der Waals surface area contributed by atoms with E-state index in [2.05, 4.69) is 10.6 Å². The average Bonchev–Trinajstić information content (AvgIpc) is 2.66. The topological polar surface area (TPSA) is 67.4 Å². The normalized spacial score (nSPS) is 11.5. The van der Waals surface area contributed by atoms with Crippen molar-refractivity contribution in [2.75, 3.05) is 7.11 Å². The van der Waals surface area contributed by atoms with Crippen molar-refractivity contribution < 1.29 is 14.3 Å². The highest BCUT2D eigenvalue weighted by Crippen LogP contribution is 2.12.